The number of rotatable bonds is 5. The molecule has 3 rings (SSSR count). The first kappa shape index (κ1) is 30.1. The molecule has 36 heavy (non-hydrogen) atoms. The second-order valence-corrected chi connectivity index (χ2v) is 7.81. The lowest BCUT2D eigenvalue weighted by Crippen LogP contribution is -2.28. The van der Waals surface area contributed by atoms with Gasteiger partial charge in [0.2, 0.25) is 0 Å². The van der Waals surface area contributed by atoms with Crippen molar-refractivity contribution in [3.05, 3.63) is 108 Å². The molecule has 8 heteroatoms. The first-order valence-corrected chi connectivity index (χ1v) is 11.4. The molecule has 0 unspecified atom stereocenters. The van der Waals surface area contributed by atoms with Gasteiger partial charge in [-0.25, -0.2) is 9.78 Å². The van der Waals surface area contributed by atoms with Crippen molar-refractivity contribution in [1.82, 2.24) is 15.3 Å². The number of carbonyl (C=O) groups is 1. The Morgan fingerprint density at radius 2 is 1.69 bits per heavy atom. The lowest BCUT2D eigenvalue weighted by atomic mass is 10.1. The summed E-state index contributed by atoms with van der Waals surface area (Å²) in [7, 11) is 0. The second-order valence-electron chi connectivity index (χ2n) is 7.81. The van der Waals surface area contributed by atoms with Crippen LogP contribution >= 0.6 is 0 Å². The number of anilines is 1. The van der Waals surface area contributed by atoms with Crippen LogP contribution < -0.4 is 10.6 Å². The van der Waals surface area contributed by atoms with Gasteiger partial charge in [-0.2, -0.15) is 13.2 Å². The van der Waals surface area contributed by atoms with Gasteiger partial charge in [-0.3, -0.25) is 10.3 Å². The summed E-state index contributed by atoms with van der Waals surface area (Å²) in [6, 6.07) is 16.5. The summed E-state index contributed by atoms with van der Waals surface area (Å²) in [4.78, 5) is 19.5. The maximum absolute atomic E-state index is 12.2. The van der Waals surface area contributed by atoms with E-state index in [-0.39, 0.29) is 6.03 Å². The van der Waals surface area contributed by atoms with Gasteiger partial charge in [-0.1, -0.05) is 69.3 Å². The van der Waals surface area contributed by atoms with E-state index in [1.54, 1.807) is 30.6 Å². The molecule has 0 spiro atoms. The Morgan fingerprint density at radius 3 is 2.22 bits per heavy atom. The Labute approximate surface area is 211 Å². The van der Waals surface area contributed by atoms with E-state index >= 15 is 0 Å². The van der Waals surface area contributed by atoms with Gasteiger partial charge in [0.15, 0.2) is 0 Å². The fourth-order valence-electron chi connectivity index (χ4n) is 2.46. The lowest BCUT2D eigenvalue weighted by Gasteiger charge is -2.07. The molecule has 0 fully saturated rings. The zero-order valence-corrected chi connectivity index (χ0v) is 21.1. The number of alkyl halides is 3. The summed E-state index contributed by atoms with van der Waals surface area (Å²) in [5.41, 5.74) is 2.34. The van der Waals surface area contributed by atoms with E-state index in [4.69, 9.17) is 0 Å². The normalized spacial score (nSPS) is 10.7. The zero-order valence-electron chi connectivity index (χ0n) is 21.1. The average Bonchev–Trinajstić information content (AvgIpc) is 2.86. The number of carbonyl (C=O) groups excluding carboxylic acids is 1. The molecule has 2 N–H and O–H groups in total. The number of aryl methyl sites for hydroxylation is 1. The highest BCUT2D eigenvalue weighted by atomic mass is 19.4. The first-order chi connectivity index (χ1) is 17.1. The second kappa shape index (κ2) is 15.9. The molecule has 0 saturated carbocycles. The van der Waals surface area contributed by atoms with E-state index in [1.807, 2.05) is 43.3 Å². The van der Waals surface area contributed by atoms with Gasteiger partial charge in [0.1, 0.15) is 5.82 Å². The van der Waals surface area contributed by atoms with E-state index in [2.05, 4.69) is 41.0 Å². The van der Waals surface area contributed by atoms with Gasteiger partial charge in [-0.15, -0.1) is 0 Å². The van der Waals surface area contributed by atoms with Crippen molar-refractivity contribution in [3.63, 3.8) is 0 Å². The minimum absolute atomic E-state index is 0.254. The number of nitrogens with zero attached hydrogens (tertiary/aromatic N) is 2. The number of halogens is 3. The molecule has 0 radical (unpaired) electrons. The van der Waals surface area contributed by atoms with Crippen molar-refractivity contribution in [2.75, 3.05) is 5.32 Å². The molecule has 0 atom stereocenters. The summed E-state index contributed by atoms with van der Waals surface area (Å²) < 4.78 is 36.6. The van der Waals surface area contributed by atoms with Gasteiger partial charge in [0.25, 0.3) is 0 Å². The molecule has 1 aromatic carbocycles. The number of allylic oxidation sites excluding steroid dienone is 3. The van der Waals surface area contributed by atoms with Crippen LogP contribution in [0.5, 0.6) is 0 Å². The SMILES string of the molecule is C=C(/C=C(\C)C(F)(F)F)c1cccnc1.CCC.Cc1ccc(NC(=O)NCc2ccccc2)nc1. The van der Waals surface area contributed by atoms with Crippen molar-refractivity contribution in [2.45, 2.75) is 46.8 Å². The molecule has 0 aliphatic rings. The van der Waals surface area contributed by atoms with Crippen LogP contribution in [0, 0.1) is 6.92 Å². The molecule has 2 amide bonds. The van der Waals surface area contributed by atoms with Gasteiger partial charge >= 0.3 is 12.2 Å². The number of benzene rings is 1. The smallest absolute Gasteiger partial charge is 0.334 e. The van der Waals surface area contributed by atoms with E-state index in [0.29, 0.717) is 23.5 Å². The van der Waals surface area contributed by atoms with Crippen LogP contribution in [0.4, 0.5) is 23.8 Å². The molecule has 2 aromatic heterocycles. The third-order valence-electron chi connectivity index (χ3n) is 4.32. The van der Waals surface area contributed by atoms with Crippen LogP contribution in [-0.4, -0.2) is 22.2 Å². The van der Waals surface area contributed by atoms with Gasteiger partial charge in [-0.05, 0) is 54.3 Å². The van der Waals surface area contributed by atoms with Gasteiger partial charge in [0, 0.05) is 30.7 Å². The molecule has 2 heterocycles. The topological polar surface area (TPSA) is 66.9 Å². The van der Waals surface area contributed by atoms with Crippen LogP contribution in [0.2, 0.25) is 0 Å². The van der Waals surface area contributed by atoms with Crippen molar-refractivity contribution in [3.8, 4) is 0 Å². The van der Waals surface area contributed by atoms with Crippen molar-refractivity contribution < 1.29 is 18.0 Å². The summed E-state index contributed by atoms with van der Waals surface area (Å²) in [5, 5.41) is 5.45. The fourth-order valence-corrected chi connectivity index (χ4v) is 2.46. The predicted molar refractivity (Wildman–Crippen MR) is 140 cm³/mol. The Kier molecular flexibility index (Phi) is 13.3. The standard InChI is InChI=1S/C14H15N3O.C11H10F3N.C3H8/c1-11-7-8-13(15-9-11)17-14(18)16-10-12-5-3-2-4-6-12;1-8(6-9(2)11(12,13)14)10-4-3-5-15-7-10;1-3-2/h2-9H,10H2,1H3,(H2,15,16,17,18);3-7H,1H2,2H3;3H2,1-2H3/b;9-6+;. The highest BCUT2D eigenvalue weighted by Gasteiger charge is 2.29. The summed E-state index contributed by atoms with van der Waals surface area (Å²) in [6.45, 7) is 11.3. The van der Waals surface area contributed by atoms with Crippen LogP contribution in [0.1, 0.15) is 43.9 Å². The van der Waals surface area contributed by atoms with E-state index in [9.17, 15) is 18.0 Å². The largest absolute Gasteiger partial charge is 0.412 e. The molecule has 0 aliphatic heterocycles. The van der Waals surface area contributed by atoms with E-state index in [1.165, 1.54) is 12.6 Å². The molecular formula is C28H33F3N4O. The maximum Gasteiger partial charge on any atom is 0.412 e. The third-order valence-corrected chi connectivity index (χ3v) is 4.32. The number of hydrogen-bond acceptors (Lipinski definition) is 3. The van der Waals surface area contributed by atoms with Gasteiger partial charge in [0.05, 0.1) is 0 Å². The van der Waals surface area contributed by atoms with Crippen molar-refractivity contribution in [1.29, 1.82) is 0 Å². The summed E-state index contributed by atoms with van der Waals surface area (Å²) >= 11 is 0. The fraction of sp³-hybridized carbons (Fsp3) is 0.250. The van der Waals surface area contributed by atoms with E-state index < -0.39 is 11.7 Å². The number of aromatic nitrogens is 2. The zero-order chi connectivity index (χ0) is 27.0. The maximum atomic E-state index is 12.2. The number of amides is 2. The molecule has 5 nitrogen and oxygen atoms in total. The van der Waals surface area contributed by atoms with Gasteiger partial charge < -0.3 is 5.32 Å². The third kappa shape index (κ3) is 12.5. The minimum Gasteiger partial charge on any atom is -0.334 e. The Balaban J connectivity index is 0.000000329. The highest BCUT2D eigenvalue weighted by molar-refractivity contribution is 5.88. The Morgan fingerprint density at radius 1 is 1.03 bits per heavy atom. The highest BCUT2D eigenvalue weighted by Crippen LogP contribution is 2.27. The Hall–Kier alpha value is -3.94. The van der Waals surface area contributed by atoms with Crippen LogP contribution in [-0.2, 0) is 6.54 Å². The van der Waals surface area contributed by atoms with E-state index in [0.717, 1.165) is 24.1 Å². The lowest BCUT2D eigenvalue weighted by molar-refractivity contribution is -0.0912. The van der Waals surface area contributed by atoms with Crippen molar-refractivity contribution in [2.24, 2.45) is 0 Å². The molecule has 0 saturated heterocycles. The number of hydrogen-bond donors (Lipinski definition) is 2. The molecule has 0 aliphatic carbocycles. The molecule has 3 aromatic rings. The summed E-state index contributed by atoms with van der Waals surface area (Å²) in [6.07, 6.45) is 2.70. The summed E-state index contributed by atoms with van der Waals surface area (Å²) in [5.74, 6) is 0.547. The molecular weight excluding hydrogens is 465 g/mol. The monoisotopic (exact) mass is 498 g/mol. The van der Waals surface area contributed by atoms with Crippen molar-refractivity contribution >= 4 is 17.4 Å². The molecule has 192 valence electrons. The Bertz CT molecular complexity index is 1080. The average molecular weight is 499 g/mol. The van der Waals surface area contributed by atoms with Crippen LogP contribution in [0.3, 0.4) is 0 Å². The number of pyridine rings is 2. The number of nitrogens with one attached hydrogen (secondary N) is 2. The van der Waals surface area contributed by atoms with Crippen LogP contribution in [0.15, 0.2) is 91.4 Å². The first-order valence-electron chi connectivity index (χ1n) is 11.4. The minimum atomic E-state index is -4.30. The van der Waals surface area contributed by atoms with Crippen LogP contribution in [0.25, 0.3) is 5.57 Å². The molecule has 0 bridgehead atoms. The quantitative estimate of drug-likeness (QED) is 0.354. The number of urea groups is 1. The predicted octanol–water partition coefficient (Wildman–Crippen LogP) is 7.73.